The Morgan fingerprint density at radius 3 is 2.73 bits per heavy atom. The lowest BCUT2D eigenvalue weighted by Gasteiger charge is -2.23. The molecule has 0 aromatic carbocycles. The van der Waals surface area contributed by atoms with Crippen molar-refractivity contribution >= 4 is 5.97 Å². The van der Waals surface area contributed by atoms with Crippen molar-refractivity contribution in [3.8, 4) is 11.9 Å². The molecule has 1 N–H and O–H groups in total. The lowest BCUT2D eigenvalue weighted by Crippen LogP contribution is -2.40. The van der Waals surface area contributed by atoms with Gasteiger partial charge in [-0.3, -0.25) is 10.1 Å². The highest BCUT2D eigenvalue weighted by Crippen LogP contribution is 2.19. The molecule has 120 valence electrons. The Labute approximate surface area is 131 Å². The van der Waals surface area contributed by atoms with Gasteiger partial charge in [-0.05, 0) is 18.9 Å². The van der Waals surface area contributed by atoms with E-state index in [1.807, 2.05) is 13.0 Å². The van der Waals surface area contributed by atoms with Gasteiger partial charge in [0.2, 0.25) is 5.88 Å². The van der Waals surface area contributed by atoms with Crippen LogP contribution in [0.15, 0.2) is 18.3 Å². The van der Waals surface area contributed by atoms with E-state index in [4.69, 9.17) is 14.7 Å². The number of aromatic nitrogens is 1. The summed E-state index contributed by atoms with van der Waals surface area (Å²) in [5.41, 5.74) is 0.841. The van der Waals surface area contributed by atoms with Crippen molar-refractivity contribution in [2.75, 3.05) is 13.7 Å². The van der Waals surface area contributed by atoms with Gasteiger partial charge in [0.1, 0.15) is 6.04 Å². The monoisotopic (exact) mass is 305 g/mol. The minimum Gasteiger partial charge on any atom is -0.481 e. The molecule has 0 saturated heterocycles. The number of hydrogen-bond donors (Lipinski definition) is 1. The summed E-state index contributed by atoms with van der Waals surface area (Å²) < 4.78 is 10.1. The third-order valence-electron chi connectivity index (χ3n) is 3.22. The quantitative estimate of drug-likeness (QED) is 0.705. The van der Waals surface area contributed by atoms with Crippen LogP contribution in [0.1, 0.15) is 44.7 Å². The first-order valence-electron chi connectivity index (χ1n) is 7.45. The highest BCUT2D eigenvalue weighted by molar-refractivity contribution is 5.75. The number of methoxy groups -OCH3 is 1. The Hall–Kier alpha value is -2.13. The summed E-state index contributed by atoms with van der Waals surface area (Å²) in [5.74, 6) is 0.226. The van der Waals surface area contributed by atoms with Crippen LogP contribution in [-0.2, 0) is 9.53 Å². The number of pyridine rings is 1. The van der Waals surface area contributed by atoms with Crippen LogP contribution in [0.2, 0.25) is 0 Å². The molecule has 0 bridgehead atoms. The number of ether oxygens (including phenoxy) is 2. The first kappa shape index (κ1) is 17.9. The van der Waals surface area contributed by atoms with E-state index in [1.165, 1.54) is 0 Å². The largest absolute Gasteiger partial charge is 0.481 e. The molecule has 0 aliphatic carbocycles. The van der Waals surface area contributed by atoms with E-state index in [0.717, 1.165) is 12.0 Å². The summed E-state index contributed by atoms with van der Waals surface area (Å²) in [6.07, 6.45) is 3.40. The average molecular weight is 305 g/mol. The van der Waals surface area contributed by atoms with Crippen LogP contribution in [0.5, 0.6) is 5.88 Å². The zero-order chi connectivity index (χ0) is 16.4. The SMILES string of the molecule is CCC[C@H](N[C@H](CC#N)c1ccc(OC)nc1)C(=O)OCC. The molecule has 1 rings (SSSR count). The van der Waals surface area contributed by atoms with E-state index >= 15 is 0 Å². The van der Waals surface area contributed by atoms with Gasteiger partial charge in [0.15, 0.2) is 0 Å². The highest BCUT2D eigenvalue weighted by atomic mass is 16.5. The molecule has 22 heavy (non-hydrogen) atoms. The van der Waals surface area contributed by atoms with E-state index in [9.17, 15) is 4.79 Å². The first-order valence-corrected chi connectivity index (χ1v) is 7.45. The summed E-state index contributed by atoms with van der Waals surface area (Å²) in [6, 6.07) is 5.02. The molecule has 2 atom stereocenters. The van der Waals surface area contributed by atoms with E-state index < -0.39 is 6.04 Å². The summed E-state index contributed by atoms with van der Waals surface area (Å²) in [5, 5.41) is 12.2. The normalized spacial score (nSPS) is 13.0. The van der Waals surface area contributed by atoms with Crippen molar-refractivity contribution in [3.63, 3.8) is 0 Å². The number of hydrogen-bond acceptors (Lipinski definition) is 6. The fourth-order valence-corrected chi connectivity index (χ4v) is 2.13. The molecule has 0 saturated carbocycles. The third kappa shape index (κ3) is 5.34. The zero-order valence-corrected chi connectivity index (χ0v) is 13.3. The molecular weight excluding hydrogens is 282 g/mol. The van der Waals surface area contributed by atoms with Gasteiger partial charge >= 0.3 is 5.97 Å². The molecule has 6 heteroatoms. The lowest BCUT2D eigenvalue weighted by atomic mass is 10.0. The van der Waals surface area contributed by atoms with Gasteiger partial charge < -0.3 is 9.47 Å². The van der Waals surface area contributed by atoms with Crippen molar-refractivity contribution in [2.45, 2.75) is 45.2 Å². The standard InChI is InChI=1S/C16H23N3O3/c1-4-6-14(16(20)22-5-2)19-13(9-10-17)12-7-8-15(21-3)18-11-12/h7-8,11,13-14,19H,4-6,9H2,1-3H3/t13-,14+/m1/s1. The van der Waals surface area contributed by atoms with E-state index in [1.54, 1.807) is 26.3 Å². The number of rotatable bonds is 9. The summed E-state index contributed by atoms with van der Waals surface area (Å²) in [6.45, 7) is 4.12. The van der Waals surface area contributed by atoms with Crippen molar-refractivity contribution < 1.29 is 14.3 Å². The predicted molar refractivity (Wildman–Crippen MR) is 82.2 cm³/mol. The van der Waals surface area contributed by atoms with Crippen LogP contribution >= 0.6 is 0 Å². The molecule has 6 nitrogen and oxygen atoms in total. The first-order chi connectivity index (χ1) is 10.7. The summed E-state index contributed by atoms with van der Waals surface area (Å²) in [4.78, 5) is 16.1. The number of carbonyl (C=O) groups is 1. The van der Waals surface area contributed by atoms with E-state index in [2.05, 4.69) is 16.4 Å². The second-order valence-electron chi connectivity index (χ2n) is 4.81. The van der Waals surface area contributed by atoms with Gasteiger partial charge in [0, 0.05) is 18.3 Å². The van der Waals surface area contributed by atoms with Crippen molar-refractivity contribution in [1.29, 1.82) is 5.26 Å². The Balaban J connectivity index is 2.87. The molecule has 0 spiro atoms. The highest BCUT2D eigenvalue weighted by Gasteiger charge is 2.23. The Morgan fingerprint density at radius 1 is 1.45 bits per heavy atom. The van der Waals surface area contributed by atoms with Crippen LogP contribution in [0.3, 0.4) is 0 Å². The average Bonchev–Trinajstić information content (AvgIpc) is 2.54. The lowest BCUT2D eigenvalue weighted by molar-refractivity contribution is -0.146. The second kappa shape index (κ2) is 9.74. The molecule has 0 aliphatic rings. The van der Waals surface area contributed by atoms with Gasteiger partial charge in [-0.25, -0.2) is 4.98 Å². The molecule has 1 heterocycles. The van der Waals surface area contributed by atoms with Crippen molar-refractivity contribution in [1.82, 2.24) is 10.3 Å². The smallest absolute Gasteiger partial charge is 0.323 e. The molecule has 0 unspecified atom stereocenters. The Morgan fingerprint density at radius 2 is 2.23 bits per heavy atom. The number of nitrogens with zero attached hydrogens (tertiary/aromatic N) is 2. The van der Waals surface area contributed by atoms with Gasteiger partial charge in [-0.15, -0.1) is 0 Å². The van der Waals surface area contributed by atoms with Crippen LogP contribution in [-0.4, -0.2) is 30.7 Å². The molecular formula is C16H23N3O3. The van der Waals surface area contributed by atoms with Crippen LogP contribution in [0.4, 0.5) is 0 Å². The predicted octanol–water partition coefficient (Wildman–Crippen LogP) is 2.37. The molecule has 0 radical (unpaired) electrons. The van der Waals surface area contributed by atoms with Crippen LogP contribution < -0.4 is 10.1 Å². The van der Waals surface area contributed by atoms with Crippen LogP contribution in [0.25, 0.3) is 0 Å². The van der Waals surface area contributed by atoms with E-state index in [0.29, 0.717) is 18.9 Å². The maximum atomic E-state index is 12.0. The Kier molecular flexibility index (Phi) is 7.94. The second-order valence-corrected chi connectivity index (χ2v) is 4.81. The minimum atomic E-state index is -0.426. The third-order valence-corrected chi connectivity index (χ3v) is 3.22. The molecule has 0 amide bonds. The number of nitrogens with one attached hydrogen (secondary N) is 1. The van der Waals surface area contributed by atoms with Gasteiger partial charge in [-0.1, -0.05) is 19.4 Å². The number of carbonyl (C=O) groups excluding carboxylic acids is 1. The fourth-order valence-electron chi connectivity index (χ4n) is 2.13. The van der Waals surface area contributed by atoms with Crippen molar-refractivity contribution in [2.24, 2.45) is 0 Å². The number of nitriles is 1. The van der Waals surface area contributed by atoms with E-state index in [-0.39, 0.29) is 18.4 Å². The fraction of sp³-hybridized carbons (Fsp3) is 0.562. The molecule has 1 aromatic rings. The minimum absolute atomic E-state index is 0.244. The molecule has 0 fully saturated rings. The number of esters is 1. The maximum Gasteiger partial charge on any atom is 0.323 e. The topological polar surface area (TPSA) is 84.2 Å². The Bertz CT molecular complexity index is 496. The van der Waals surface area contributed by atoms with Gasteiger partial charge in [-0.2, -0.15) is 5.26 Å². The van der Waals surface area contributed by atoms with Gasteiger partial charge in [0.05, 0.1) is 26.2 Å². The van der Waals surface area contributed by atoms with Gasteiger partial charge in [0.25, 0.3) is 0 Å². The summed E-state index contributed by atoms with van der Waals surface area (Å²) in [7, 11) is 1.55. The molecule has 0 aliphatic heterocycles. The summed E-state index contributed by atoms with van der Waals surface area (Å²) >= 11 is 0. The maximum absolute atomic E-state index is 12.0. The molecule has 1 aromatic heterocycles. The van der Waals surface area contributed by atoms with Crippen molar-refractivity contribution in [3.05, 3.63) is 23.9 Å². The van der Waals surface area contributed by atoms with Crippen LogP contribution in [0, 0.1) is 11.3 Å². The zero-order valence-electron chi connectivity index (χ0n) is 13.3.